The van der Waals surface area contributed by atoms with Crippen LogP contribution in [0.2, 0.25) is 0 Å². The molecule has 1 aliphatic carbocycles. The number of benzene rings is 1. The molecule has 1 N–H and O–H groups in total. The third-order valence-electron chi connectivity index (χ3n) is 6.16. The minimum Gasteiger partial charge on any atom is -0.350 e. The third-order valence-corrected chi connectivity index (χ3v) is 6.16. The van der Waals surface area contributed by atoms with Crippen LogP contribution in [0, 0.1) is 0 Å². The Bertz CT molecular complexity index is 746. The van der Waals surface area contributed by atoms with Gasteiger partial charge in [-0.15, -0.1) is 0 Å². The summed E-state index contributed by atoms with van der Waals surface area (Å²) in [5, 5.41) is 7.50. The molecule has 0 atom stereocenters. The maximum atomic E-state index is 13.4. The van der Waals surface area contributed by atoms with Crippen LogP contribution < -0.4 is 5.32 Å². The van der Waals surface area contributed by atoms with E-state index in [1.807, 2.05) is 24.3 Å². The van der Waals surface area contributed by atoms with Gasteiger partial charge in [0.2, 0.25) is 5.91 Å². The largest absolute Gasteiger partial charge is 0.350 e. The van der Waals surface area contributed by atoms with Gasteiger partial charge in [-0.3, -0.25) is 9.69 Å². The molecule has 6 heteroatoms. The summed E-state index contributed by atoms with van der Waals surface area (Å²) >= 11 is 0. The fourth-order valence-electron chi connectivity index (χ4n) is 4.70. The SMILES string of the molecule is O=C(NCc1ccccc1-n1cncn1)C1(N2CCCCC2)CCCCC1. The van der Waals surface area contributed by atoms with Crippen molar-refractivity contribution in [1.29, 1.82) is 0 Å². The second-order valence-electron chi connectivity index (χ2n) is 7.79. The van der Waals surface area contributed by atoms with E-state index in [9.17, 15) is 4.79 Å². The Balaban J connectivity index is 1.51. The van der Waals surface area contributed by atoms with Gasteiger partial charge >= 0.3 is 0 Å². The highest BCUT2D eigenvalue weighted by Gasteiger charge is 2.44. The molecule has 2 fully saturated rings. The first-order chi connectivity index (χ1) is 13.3. The molecular weight excluding hydrogens is 338 g/mol. The number of piperidine rings is 1. The molecule has 144 valence electrons. The number of nitrogens with zero attached hydrogens (tertiary/aromatic N) is 4. The second-order valence-corrected chi connectivity index (χ2v) is 7.79. The molecule has 1 aliphatic heterocycles. The summed E-state index contributed by atoms with van der Waals surface area (Å²) in [5.41, 5.74) is 1.72. The molecule has 1 saturated heterocycles. The van der Waals surface area contributed by atoms with Crippen molar-refractivity contribution in [2.45, 2.75) is 63.5 Å². The molecule has 0 bridgehead atoms. The summed E-state index contributed by atoms with van der Waals surface area (Å²) in [6.07, 6.45) is 12.5. The maximum Gasteiger partial charge on any atom is 0.240 e. The second kappa shape index (κ2) is 8.21. The smallest absolute Gasteiger partial charge is 0.240 e. The molecule has 2 aromatic rings. The first-order valence-electron chi connectivity index (χ1n) is 10.3. The number of aromatic nitrogens is 3. The van der Waals surface area contributed by atoms with Crippen LogP contribution >= 0.6 is 0 Å². The van der Waals surface area contributed by atoms with E-state index in [0.29, 0.717) is 6.54 Å². The molecule has 0 radical (unpaired) electrons. The van der Waals surface area contributed by atoms with Gasteiger partial charge in [0.25, 0.3) is 0 Å². The predicted molar refractivity (Wildman–Crippen MR) is 104 cm³/mol. The lowest BCUT2D eigenvalue weighted by Crippen LogP contribution is -2.60. The van der Waals surface area contributed by atoms with Crippen LogP contribution in [-0.4, -0.2) is 44.2 Å². The zero-order valence-corrected chi connectivity index (χ0v) is 15.9. The summed E-state index contributed by atoms with van der Waals surface area (Å²) in [6, 6.07) is 8.05. The minimum atomic E-state index is -0.305. The number of nitrogens with one attached hydrogen (secondary N) is 1. The van der Waals surface area contributed by atoms with Crippen molar-refractivity contribution in [3.05, 3.63) is 42.5 Å². The van der Waals surface area contributed by atoms with E-state index in [2.05, 4.69) is 20.3 Å². The lowest BCUT2D eigenvalue weighted by atomic mass is 9.78. The maximum absolute atomic E-state index is 13.4. The molecule has 6 nitrogen and oxygen atoms in total. The topological polar surface area (TPSA) is 63.1 Å². The fraction of sp³-hybridized carbons (Fsp3) is 0.571. The quantitative estimate of drug-likeness (QED) is 0.882. The Morgan fingerprint density at radius 3 is 2.52 bits per heavy atom. The minimum absolute atomic E-state index is 0.206. The fourth-order valence-corrected chi connectivity index (χ4v) is 4.70. The van der Waals surface area contributed by atoms with Gasteiger partial charge in [0.1, 0.15) is 18.2 Å². The summed E-state index contributed by atoms with van der Waals surface area (Å²) in [7, 11) is 0. The van der Waals surface area contributed by atoms with Crippen molar-refractivity contribution in [3.63, 3.8) is 0 Å². The predicted octanol–water partition coefficient (Wildman–Crippen LogP) is 3.07. The molecule has 1 amide bonds. The van der Waals surface area contributed by atoms with E-state index in [-0.39, 0.29) is 11.4 Å². The van der Waals surface area contributed by atoms with Crippen molar-refractivity contribution in [2.75, 3.05) is 13.1 Å². The van der Waals surface area contributed by atoms with Gasteiger partial charge in [-0.25, -0.2) is 9.67 Å². The molecular formula is C21H29N5O. The van der Waals surface area contributed by atoms with E-state index in [4.69, 9.17) is 0 Å². The third kappa shape index (κ3) is 3.76. The molecule has 2 heterocycles. The van der Waals surface area contributed by atoms with Gasteiger partial charge in [-0.1, -0.05) is 43.9 Å². The summed E-state index contributed by atoms with van der Waals surface area (Å²) < 4.78 is 1.75. The van der Waals surface area contributed by atoms with Crippen molar-refractivity contribution >= 4 is 5.91 Å². The van der Waals surface area contributed by atoms with Gasteiger partial charge in [-0.2, -0.15) is 5.10 Å². The number of para-hydroxylation sites is 1. The Hall–Kier alpha value is -2.21. The first-order valence-corrected chi connectivity index (χ1v) is 10.3. The molecule has 4 rings (SSSR count). The zero-order chi connectivity index (χ0) is 18.5. The summed E-state index contributed by atoms with van der Waals surface area (Å²) in [5.74, 6) is 0.206. The molecule has 1 saturated carbocycles. The Morgan fingerprint density at radius 1 is 1.04 bits per heavy atom. The number of carbonyl (C=O) groups is 1. The van der Waals surface area contributed by atoms with Gasteiger partial charge in [0.05, 0.1) is 5.69 Å². The average Bonchev–Trinajstić information content (AvgIpc) is 3.28. The van der Waals surface area contributed by atoms with E-state index in [1.165, 1.54) is 32.0 Å². The van der Waals surface area contributed by atoms with E-state index in [0.717, 1.165) is 50.0 Å². The van der Waals surface area contributed by atoms with Gasteiger partial charge in [-0.05, 0) is 50.4 Å². The highest BCUT2D eigenvalue weighted by molar-refractivity contribution is 5.86. The number of hydrogen-bond donors (Lipinski definition) is 1. The Kier molecular flexibility index (Phi) is 5.53. The van der Waals surface area contributed by atoms with Crippen LogP contribution in [0.5, 0.6) is 0 Å². The van der Waals surface area contributed by atoms with Crippen LogP contribution in [0.1, 0.15) is 56.9 Å². The Morgan fingerprint density at radius 2 is 1.78 bits per heavy atom. The molecule has 1 aromatic heterocycles. The van der Waals surface area contributed by atoms with Crippen LogP contribution in [0.3, 0.4) is 0 Å². The van der Waals surface area contributed by atoms with Crippen LogP contribution in [-0.2, 0) is 11.3 Å². The average molecular weight is 367 g/mol. The van der Waals surface area contributed by atoms with Crippen molar-refractivity contribution in [1.82, 2.24) is 25.0 Å². The van der Waals surface area contributed by atoms with Gasteiger partial charge in [0.15, 0.2) is 0 Å². The number of carbonyl (C=O) groups excluding carboxylic acids is 1. The first kappa shape index (κ1) is 18.2. The highest BCUT2D eigenvalue weighted by Crippen LogP contribution is 2.36. The number of likely N-dealkylation sites (tertiary alicyclic amines) is 1. The lowest BCUT2D eigenvalue weighted by Gasteiger charge is -2.46. The number of rotatable bonds is 5. The van der Waals surface area contributed by atoms with Gasteiger partial charge < -0.3 is 5.32 Å². The Labute approximate surface area is 161 Å². The lowest BCUT2D eigenvalue weighted by molar-refractivity contribution is -0.137. The number of amides is 1. The van der Waals surface area contributed by atoms with E-state index >= 15 is 0 Å². The molecule has 0 unspecified atom stereocenters. The van der Waals surface area contributed by atoms with E-state index in [1.54, 1.807) is 11.0 Å². The highest BCUT2D eigenvalue weighted by atomic mass is 16.2. The van der Waals surface area contributed by atoms with Gasteiger partial charge in [0, 0.05) is 6.54 Å². The summed E-state index contributed by atoms with van der Waals surface area (Å²) in [6.45, 7) is 2.64. The van der Waals surface area contributed by atoms with Crippen molar-refractivity contribution in [3.8, 4) is 5.69 Å². The number of hydrogen-bond acceptors (Lipinski definition) is 4. The van der Waals surface area contributed by atoms with E-state index < -0.39 is 0 Å². The molecule has 1 aromatic carbocycles. The van der Waals surface area contributed by atoms with Crippen molar-refractivity contribution < 1.29 is 4.79 Å². The van der Waals surface area contributed by atoms with Crippen LogP contribution in [0.15, 0.2) is 36.9 Å². The standard InChI is InChI=1S/C21H29N5O/c27-20(21(11-5-1-6-12-21)25-13-7-2-8-14-25)23-15-18-9-3-4-10-19(18)26-17-22-16-24-26/h3-4,9-10,16-17H,1-2,5-8,11-15H2,(H,23,27). The van der Waals surface area contributed by atoms with Crippen LogP contribution in [0.25, 0.3) is 5.69 Å². The molecule has 0 spiro atoms. The van der Waals surface area contributed by atoms with Crippen LogP contribution in [0.4, 0.5) is 0 Å². The monoisotopic (exact) mass is 367 g/mol. The zero-order valence-electron chi connectivity index (χ0n) is 15.9. The summed E-state index contributed by atoms with van der Waals surface area (Å²) in [4.78, 5) is 19.9. The molecule has 2 aliphatic rings. The molecule has 27 heavy (non-hydrogen) atoms. The van der Waals surface area contributed by atoms with Crippen molar-refractivity contribution in [2.24, 2.45) is 0 Å². The normalized spacial score (nSPS) is 20.3.